The third kappa shape index (κ3) is 3.06. The van der Waals surface area contributed by atoms with Gasteiger partial charge in [0, 0.05) is 24.8 Å². The smallest absolute Gasteiger partial charge is 0.123 e. The third-order valence-electron chi connectivity index (χ3n) is 3.04. The predicted molar refractivity (Wildman–Crippen MR) is 78.2 cm³/mol. The molecule has 0 fully saturated rings. The summed E-state index contributed by atoms with van der Waals surface area (Å²) in [5.74, 6) is -0.335. The van der Waals surface area contributed by atoms with E-state index >= 15 is 0 Å². The maximum Gasteiger partial charge on any atom is 0.123 e. The van der Waals surface area contributed by atoms with E-state index in [1.165, 1.54) is 18.2 Å². The van der Waals surface area contributed by atoms with Crippen LogP contribution in [0.1, 0.15) is 17.2 Å². The van der Waals surface area contributed by atoms with Crippen molar-refractivity contribution in [1.29, 1.82) is 0 Å². The zero-order chi connectivity index (χ0) is 14.0. The van der Waals surface area contributed by atoms with E-state index in [2.05, 4.69) is 0 Å². The van der Waals surface area contributed by atoms with E-state index in [0.29, 0.717) is 10.6 Å². The van der Waals surface area contributed by atoms with Gasteiger partial charge in [-0.3, -0.25) is 0 Å². The predicted octanol–water partition coefficient (Wildman–Crippen LogP) is 3.59. The summed E-state index contributed by atoms with van der Waals surface area (Å²) in [6.07, 6.45) is 0. The molecule has 19 heavy (non-hydrogen) atoms. The Bertz CT molecular complexity index is 584. The van der Waals surface area contributed by atoms with Crippen molar-refractivity contribution in [3.8, 4) is 0 Å². The molecule has 0 aliphatic heterocycles. The number of nitrogens with two attached hydrogens (primary N) is 1. The highest BCUT2D eigenvalue weighted by Crippen LogP contribution is 2.28. The summed E-state index contributed by atoms with van der Waals surface area (Å²) in [7, 11) is 3.92. The van der Waals surface area contributed by atoms with Gasteiger partial charge in [-0.15, -0.1) is 0 Å². The lowest BCUT2D eigenvalue weighted by atomic mass is 9.99. The third-order valence-corrected chi connectivity index (χ3v) is 3.38. The summed E-state index contributed by atoms with van der Waals surface area (Å²) >= 11 is 6.09. The summed E-state index contributed by atoms with van der Waals surface area (Å²) in [6.45, 7) is 0. The Morgan fingerprint density at radius 3 is 2.58 bits per heavy atom. The number of anilines is 1. The summed E-state index contributed by atoms with van der Waals surface area (Å²) in [6, 6.07) is 11.6. The first-order valence-electron chi connectivity index (χ1n) is 5.97. The Morgan fingerprint density at radius 2 is 1.89 bits per heavy atom. The van der Waals surface area contributed by atoms with Crippen molar-refractivity contribution in [2.45, 2.75) is 6.04 Å². The molecule has 0 aliphatic rings. The second-order valence-corrected chi connectivity index (χ2v) is 5.04. The van der Waals surface area contributed by atoms with Gasteiger partial charge in [0.15, 0.2) is 0 Å². The van der Waals surface area contributed by atoms with Crippen LogP contribution in [0.4, 0.5) is 10.1 Å². The largest absolute Gasteiger partial charge is 0.378 e. The monoisotopic (exact) mass is 278 g/mol. The quantitative estimate of drug-likeness (QED) is 0.930. The Labute approximate surface area is 117 Å². The van der Waals surface area contributed by atoms with Gasteiger partial charge in [-0.1, -0.05) is 23.7 Å². The van der Waals surface area contributed by atoms with Crippen LogP contribution in [0, 0.1) is 5.82 Å². The van der Waals surface area contributed by atoms with Gasteiger partial charge in [0.05, 0.1) is 6.04 Å². The molecule has 0 heterocycles. The molecule has 2 aromatic carbocycles. The number of rotatable bonds is 3. The number of halogens is 2. The SMILES string of the molecule is CN(C)c1cccc(C(N)c2cc(F)ccc2Cl)c1. The summed E-state index contributed by atoms with van der Waals surface area (Å²) < 4.78 is 13.3. The van der Waals surface area contributed by atoms with Gasteiger partial charge < -0.3 is 10.6 Å². The molecule has 0 spiro atoms. The van der Waals surface area contributed by atoms with Gasteiger partial charge in [-0.2, -0.15) is 0 Å². The lowest BCUT2D eigenvalue weighted by Crippen LogP contribution is -2.14. The van der Waals surface area contributed by atoms with Crippen molar-refractivity contribution in [2.24, 2.45) is 5.73 Å². The van der Waals surface area contributed by atoms with E-state index in [9.17, 15) is 4.39 Å². The molecule has 0 radical (unpaired) electrons. The highest BCUT2D eigenvalue weighted by atomic mass is 35.5. The van der Waals surface area contributed by atoms with Crippen LogP contribution < -0.4 is 10.6 Å². The maximum absolute atomic E-state index is 13.3. The number of hydrogen-bond donors (Lipinski definition) is 1. The maximum atomic E-state index is 13.3. The lowest BCUT2D eigenvalue weighted by molar-refractivity contribution is 0.623. The van der Waals surface area contributed by atoms with E-state index in [0.717, 1.165) is 11.3 Å². The molecule has 2 nitrogen and oxygen atoms in total. The topological polar surface area (TPSA) is 29.3 Å². The van der Waals surface area contributed by atoms with Gasteiger partial charge >= 0.3 is 0 Å². The average Bonchev–Trinajstić information content (AvgIpc) is 2.41. The van der Waals surface area contributed by atoms with Crippen molar-refractivity contribution in [1.82, 2.24) is 0 Å². The second-order valence-electron chi connectivity index (χ2n) is 4.63. The van der Waals surface area contributed by atoms with Crippen LogP contribution in [0.3, 0.4) is 0 Å². The first-order valence-corrected chi connectivity index (χ1v) is 6.34. The molecule has 2 N–H and O–H groups in total. The van der Waals surface area contributed by atoms with Crippen LogP contribution in [0.25, 0.3) is 0 Å². The molecule has 1 unspecified atom stereocenters. The fraction of sp³-hybridized carbons (Fsp3) is 0.200. The van der Waals surface area contributed by atoms with Crippen molar-refractivity contribution >= 4 is 17.3 Å². The molecule has 0 saturated heterocycles. The van der Waals surface area contributed by atoms with Gasteiger partial charge in [-0.25, -0.2) is 4.39 Å². The van der Waals surface area contributed by atoms with Gasteiger partial charge in [0.2, 0.25) is 0 Å². The van der Waals surface area contributed by atoms with Crippen molar-refractivity contribution in [2.75, 3.05) is 19.0 Å². The molecular formula is C15H16ClFN2. The standard InChI is InChI=1S/C15H16ClFN2/c1-19(2)12-5-3-4-10(8-12)15(18)13-9-11(17)6-7-14(13)16/h3-9,15H,18H2,1-2H3. The van der Waals surface area contributed by atoms with Crippen LogP contribution >= 0.6 is 11.6 Å². The van der Waals surface area contributed by atoms with Crippen LogP contribution in [-0.4, -0.2) is 14.1 Å². The van der Waals surface area contributed by atoms with Crippen LogP contribution in [-0.2, 0) is 0 Å². The molecule has 2 rings (SSSR count). The summed E-state index contributed by atoms with van der Waals surface area (Å²) in [5, 5.41) is 0.476. The first-order chi connectivity index (χ1) is 8.99. The van der Waals surface area contributed by atoms with Crippen LogP contribution in [0.15, 0.2) is 42.5 Å². The van der Waals surface area contributed by atoms with Gasteiger partial charge in [-0.05, 0) is 41.5 Å². The molecule has 0 aromatic heterocycles. The lowest BCUT2D eigenvalue weighted by Gasteiger charge is -2.18. The highest BCUT2D eigenvalue weighted by molar-refractivity contribution is 6.31. The van der Waals surface area contributed by atoms with E-state index in [4.69, 9.17) is 17.3 Å². The Kier molecular flexibility index (Phi) is 4.08. The summed E-state index contributed by atoms with van der Waals surface area (Å²) in [5.41, 5.74) is 8.72. The minimum absolute atomic E-state index is 0.335. The molecule has 0 saturated carbocycles. The zero-order valence-electron chi connectivity index (χ0n) is 10.9. The molecular weight excluding hydrogens is 263 g/mol. The normalized spacial score (nSPS) is 12.3. The number of hydrogen-bond acceptors (Lipinski definition) is 2. The first kappa shape index (κ1) is 13.8. The van der Waals surface area contributed by atoms with E-state index < -0.39 is 6.04 Å². The highest BCUT2D eigenvalue weighted by Gasteiger charge is 2.14. The minimum Gasteiger partial charge on any atom is -0.378 e. The zero-order valence-corrected chi connectivity index (χ0v) is 11.7. The minimum atomic E-state index is -0.442. The molecule has 2 aromatic rings. The molecule has 0 bridgehead atoms. The van der Waals surface area contributed by atoms with Crippen molar-refractivity contribution < 1.29 is 4.39 Å². The molecule has 100 valence electrons. The van der Waals surface area contributed by atoms with Gasteiger partial charge in [0.1, 0.15) is 5.82 Å². The van der Waals surface area contributed by atoms with E-state index in [1.807, 2.05) is 43.3 Å². The van der Waals surface area contributed by atoms with Gasteiger partial charge in [0.25, 0.3) is 0 Å². The Balaban J connectivity index is 2.41. The number of nitrogens with zero attached hydrogens (tertiary/aromatic N) is 1. The number of benzene rings is 2. The average molecular weight is 279 g/mol. The summed E-state index contributed by atoms with van der Waals surface area (Å²) in [4.78, 5) is 1.99. The Morgan fingerprint density at radius 1 is 1.16 bits per heavy atom. The van der Waals surface area contributed by atoms with Crippen molar-refractivity contribution in [3.05, 3.63) is 64.4 Å². The molecule has 1 atom stereocenters. The van der Waals surface area contributed by atoms with E-state index in [-0.39, 0.29) is 5.82 Å². The van der Waals surface area contributed by atoms with E-state index in [1.54, 1.807) is 0 Å². The Hall–Kier alpha value is -1.58. The van der Waals surface area contributed by atoms with Crippen molar-refractivity contribution in [3.63, 3.8) is 0 Å². The van der Waals surface area contributed by atoms with Crippen LogP contribution in [0.5, 0.6) is 0 Å². The molecule has 0 amide bonds. The molecule has 4 heteroatoms. The van der Waals surface area contributed by atoms with Crippen LogP contribution in [0.2, 0.25) is 5.02 Å². The fourth-order valence-corrected chi connectivity index (χ4v) is 2.16. The second kappa shape index (κ2) is 5.59. The molecule has 0 aliphatic carbocycles. The fourth-order valence-electron chi connectivity index (χ4n) is 1.93.